The van der Waals surface area contributed by atoms with Gasteiger partial charge in [-0.3, -0.25) is 4.68 Å². The van der Waals surface area contributed by atoms with Gasteiger partial charge in [0.1, 0.15) is 18.5 Å². The van der Waals surface area contributed by atoms with E-state index < -0.39 is 6.10 Å². The van der Waals surface area contributed by atoms with E-state index in [9.17, 15) is 5.11 Å². The summed E-state index contributed by atoms with van der Waals surface area (Å²) in [4.78, 5) is 0. The van der Waals surface area contributed by atoms with Gasteiger partial charge in [-0.1, -0.05) is 42.5 Å². The Bertz CT molecular complexity index is 823. The number of aryl methyl sites for hydroxylation is 1. The van der Waals surface area contributed by atoms with Crippen molar-refractivity contribution in [2.75, 3.05) is 6.61 Å². The van der Waals surface area contributed by atoms with Gasteiger partial charge in [0.15, 0.2) is 0 Å². The lowest BCUT2D eigenvalue weighted by molar-refractivity contribution is 0.0887. The fourth-order valence-electron chi connectivity index (χ4n) is 2.78. The van der Waals surface area contributed by atoms with E-state index in [4.69, 9.17) is 4.74 Å². The molecule has 0 unspecified atom stereocenters. The maximum atomic E-state index is 10.2. The van der Waals surface area contributed by atoms with Gasteiger partial charge in [0, 0.05) is 5.69 Å². The molecule has 0 aliphatic rings. The number of nitrogens with zero attached hydrogens (tertiary/aromatic N) is 2. The first kappa shape index (κ1) is 17.2. The first-order valence-electron chi connectivity index (χ1n) is 8.51. The molecule has 0 aliphatic carbocycles. The number of hydrogen-bond donors (Lipinski definition) is 1. The quantitative estimate of drug-likeness (QED) is 0.742. The summed E-state index contributed by atoms with van der Waals surface area (Å²) in [5.41, 5.74) is 5.58. The summed E-state index contributed by atoms with van der Waals surface area (Å²) in [6, 6.07) is 18.1. The molecule has 3 rings (SSSR count). The highest BCUT2D eigenvalue weighted by Crippen LogP contribution is 2.22. The molecule has 4 heteroatoms. The molecule has 0 radical (unpaired) electrons. The monoisotopic (exact) mass is 336 g/mol. The number of ether oxygens (including phenoxy) is 1. The fraction of sp³-hybridized carbons (Fsp3) is 0.286. The minimum atomic E-state index is -0.605. The van der Waals surface area contributed by atoms with E-state index >= 15 is 0 Å². The van der Waals surface area contributed by atoms with E-state index in [0.29, 0.717) is 6.54 Å². The molecule has 1 aromatic heterocycles. The first-order chi connectivity index (χ1) is 12.0. The van der Waals surface area contributed by atoms with E-state index in [-0.39, 0.29) is 6.61 Å². The molecule has 1 N–H and O–H groups in total. The molecule has 1 heterocycles. The molecule has 1 atom stereocenters. The molecule has 0 bridgehead atoms. The highest BCUT2D eigenvalue weighted by molar-refractivity contribution is 5.63. The van der Waals surface area contributed by atoms with Crippen molar-refractivity contribution in [3.8, 4) is 16.9 Å². The van der Waals surface area contributed by atoms with Crippen molar-refractivity contribution in [1.82, 2.24) is 9.78 Å². The number of aliphatic hydroxyl groups excluding tert-OH is 1. The van der Waals surface area contributed by atoms with Crippen LogP contribution in [0.1, 0.15) is 17.0 Å². The molecule has 0 aliphatic heterocycles. The average Bonchev–Trinajstić information content (AvgIpc) is 2.88. The first-order valence-corrected chi connectivity index (χ1v) is 8.51. The molecular weight excluding hydrogens is 312 g/mol. The molecule has 0 fully saturated rings. The summed E-state index contributed by atoms with van der Waals surface area (Å²) in [5.74, 6) is 0.753. The second kappa shape index (κ2) is 7.53. The molecule has 0 saturated heterocycles. The lowest BCUT2D eigenvalue weighted by Crippen LogP contribution is -2.24. The summed E-state index contributed by atoms with van der Waals surface area (Å²) < 4.78 is 7.56. The molecule has 25 heavy (non-hydrogen) atoms. The van der Waals surface area contributed by atoms with Gasteiger partial charge in [0.25, 0.3) is 0 Å². The largest absolute Gasteiger partial charge is 0.491 e. The molecule has 0 saturated carbocycles. The Balaban J connectivity index is 1.57. The lowest BCUT2D eigenvalue weighted by atomic mass is 10.1. The van der Waals surface area contributed by atoms with Crippen LogP contribution in [-0.2, 0) is 6.54 Å². The molecule has 0 spiro atoms. The SMILES string of the molecule is Cc1nn(C[C@H](O)COc2ccc(-c3ccccc3)cc2)c(C)c1C. The Morgan fingerprint density at radius 3 is 2.20 bits per heavy atom. The van der Waals surface area contributed by atoms with Crippen molar-refractivity contribution in [3.63, 3.8) is 0 Å². The van der Waals surface area contributed by atoms with E-state index in [1.54, 1.807) is 0 Å². The van der Waals surface area contributed by atoms with Gasteiger partial charge in [-0.05, 0) is 49.6 Å². The topological polar surface area (TPSA) is 47.3 Å². The van der Waals surface area contributed by atoms with Crippen LogP contribution in [0.2, 0.25) is 0 Å². The Morgan fingerprint density at radius 1 is 0.960 bits per heavy atom. The van der Waals surface area contributed by atoms with Crippen molar-refractivity contribution in [3.05, 3.63) is 71.5 Å². The number of benzene rings is 2. The standard InChI is InChI=1S/C21H24N2O2/c1-15-16(2)22-23(17(15)3)13-20(24)14-25-21-11-9-19(10-12-21)18-7-5-4-6-8-18/h4-12,20,24H,13-14H2,1-3H3/t20-/m0/s1. The van der Waals surface area contributed by atoms with Crippen molar-refractivity contribution >= 4 is 0 Å². The van der Waals surface area contributed by atoms with Gasteiger partial charge >= 0.3 is 0 Å². The van der Waals surface area contributed by atoms with E-state index in [1.165, 1.54) is 11.1 Å². The summed E-state index contributed by atoms with van der Waals surface area (Å²) in [6.45, 7) is 6.72. The normalized spacial score (nSPS) is 12.2. The predicted octanol–water partition coefficient (Wildman–Crippen LogP) is 3.92. The maximum absolute atomic E-state index is 10.2. The lowest BCUT2D eigenvalue weighted by Gasteiger charge is -2.14. The molecule has 3 aromatic rings. The van der Waals surface area contributed by atoms with Crippen molar-refractivity contribution in [2.45, 2.75) is 33.4 Å². The van der Waals surface area contributed by atoms with Gasteiger partial charge in [-0.15, -0.1) is 0 Å². The van der Waals surface area contributed by atoms with Crippen LogP contribution >= 0.6 is 0 Å². The van der Waals surface area contributed by atoms with Gasteiger partial charge < -0.3 is 9.84 Å². The molecule has 4 nitrogen and oxygen atoms in total. The Morgan fingerprint density at radius 2 is 1.60 bits per heavy atom. The third kappa shape index (κ3) is 4.09. The van der Waals surface area contributed by atoms with Crippen LogP contribution in [0.15, 0.2) is 54.6 Å². The molecular formula is C21H24N2O2. The molecule has 130 valence electrons. The van der Waals surface area contributed by atoms with Crippen molar-refractivity contribution < 1.29 is 9.84 Å². The zero-order chi connectivity index (χ0) is 17.8. The van der Waals surface area contributed by atoms with Crippen LogP contribution in [0.25, 0.3) is 11.1 Å². The second-order valence-electron chi connectivity index (χ2n) is 6.33. The minimum absolute atomic E-state index is 0.238. The number of rotatable bonds is 6. The van der Waals surface area contributed by atoms with Crippen LogP contribution in [0.4, 0.5) is 0 Å². The smallest absolute Gasteiger partial charge is 0.119 e. The van der Waals surface area contributed by atoms with E-state index in [0.717, 1.165) is 22.7 Å². The van der Waals surface area contributed by atoms with E-state index in [2.05, 4.69) is 17.2 Å². The van der Waals surface area contributed by atoms with Gasteiger partial charge in [-0.2, -0.15) is 5.10 Å². The van der Waals surface area contributed by atoms with Gasteiger partial charge in [0.05, 0.1) is 12.2 Å². The van der Waals surface area contributed by atoms with Gasteiger partial charge in [-0.25, -0.2) is 0 Å². The minimum Gasteiger partial charge on any atom is -0.491 e. The third-order valence-corrected chi connectivity index (χ3v) is 4.53. The summed E-state index contributed by atoms with van der Waals surface area (Å²) in [6.07, 6.45) is -0.605. The zero-order valence-electron chi connectivity index (χ0n) is 14.9. The van der Waals surface area contributed by atoms with E-state index in [1.807, 2.05) is 67.9 Å². The fourth-order valence-corrected chi connectivity index (χ4v) is 2.78. The van der Waals surface area contributed by atoms with Crippen molar-refractivity contribution in [1.29, 1.82) is 0 Å². The van der Waals surface area contributed by atoms with Crippen LogP contribution in [0, 0.1) is 20.8 Å². The maximum Gasteiger partial charge on any atom is 0.119 e. The number of hydrogen-bond acceptors (Lipinski definition) is 3. The predicted molar refractivity (Wildman–Crippen MR) is 99.8 cm³/mol. The molecule has 2 aromatic carbocycles. The van der Waals surface area contributed by atoms with Crippen LogP contribution in [0.5, 0.6) is 5.75 Å². The Hall–Kier alpha value is -2.59. The summed E-state index contributed by atoms with van der Waals surface area (Å²) in [5, 5.41) is 14.7. The van der Waals surface area contributed by atoms with Crippen LogP contribution in [0.3, 0.4) is 0 Å². The van der Waals surface area contributed by atoms with Crippen LogP contribution in [-0.4, -0.2) is 27.6 Å². The third-order valence-electron chi connectivity index (χ3n) is 4.53. The number of aromatic nitrogens is 2. The van der Waals surface area contributed by atoms with Crippen molar-refractivity contribution in [2.24, 2.45) is 0 Å². The second-order valence-corrected chi connectivity index (χ2v) is 6.33. The van der Waals surface area contributed by atoms with Gasteiger partial charge in [0.2, 0.25) is 0 Å². The zero-order valence-corrected chi connectivity index (χ0v) is 14.9. The average molecular weight is 336 g/mol. The highest BCUT2D eigenvalue weighted by Gasteiger charge is 2.12. The highest BCUT2D eigenvalue weighted by atomic mass is 16.5. The molecule has 0 amide bonds. The Kier molecular flexibility index (Phi) is 5.19. The Labute approximate surface area is 148 Å². The van der Waals surface area contributed by atoms with Crippen LogP contribution < -0.4 is 4.74 Å². The number of aliphatic hydroxyl groups is 1. The summed E-state index contributed by atoms with van der Waals surface area (Å²) >= 11 is 0. The summed E-state index contributed by atoms with van der Waals surface area (Å²) in [7, 11) is 0.